The Morgan fingerprint density at radius 1 is 1.03 bits per heavy atom. The number of halogens is 3. The van der Waals surface area contributed by atoms with E-state index < -0.39 is 34.2 Å². The van der Waals surface area contributed by atoms with E-state index in [0.29, 0.717) is 29.0 Å². The van der Waals surface area contributed by atoms with Gasteiger partial charge in [-0.1, -0.05) is 24.3 Å². The Labute approximate surface area is 212 Å². The van der Waals surface area contributed by atoms with E-state index in [2.05, 4.69) is 5.32 Å². The molecule has 0 spiro atoms. The Balaban J connectivity index is 1.62. The van der Waals surface area contributed by atoms with E-state index in [4.69, 9.17) is 0 Å². The smallest absolute Gasteiger partial charge is 0.325 e. The number of amides is 2. The van der Waals surface area contributed by atoms with Gasteiger partial charge in [0.2, 0.25) is 11.8 Å². The molecular weight excluding hydrogens is 507 g/mol. The fourth-order valence-corrected chi connectivity index (χ4v) is 5.58. The lowest BCUT2D eigenvalue weighted by atomic mass is 10.1. The fraction of sp³-hybridized carbons (Fsp3) is 0.231. The molecule has 37 heavy (non-hydrogen) atoms. The zero-order valence-corrected chi connectivity index (χ0v) is 20.6. The summed E-state index contributed by atoms with van der Waals surface area (Å²) in [6, 6.07) is 15.9. The highest BCUT2D eigenvalue weighted by atomic mass is 32.2. The minimum atomic E-state index is -4.70. The normalized spacial score (nSPS) is 14.1. The Morgan fingerprint density at radius 2 is 1.76 bits per heavy atom. The van der Waals surface area contributed by atoms with E-state index in [9.17, 15) is 31.2 Å². The predicted molar refractivity (Wildman–Crippen MR) is 134 cm³/mol. The van der Waals surface area contributed by atoms with Crippen molar-refractivity contribution in [2.24, 2.45) is 0 Å². The first kappa shape index (κ1) is 26.2. The van der Waals surface area contributed by atoms with Crippen LogP contribution < -0.4 is 14.5 Å². The highest BCUT2D eigenvalue weighted by Gasteiger charge is 2.33. The molecule has 2 amide bonds. The molecule has 0 radical (unpaired) electrons. The number of rotatable bonds is 7. The maximum absolute atomic E-state index is 13.4. The molecule has 4 rings (SSSR count). The van der Waals surface area contributed by atoms with Crippen molar-refractivity contribution in [3.63, 3.8) is 0 Å². The molecule has 7 nitrogen and oxygen atoms in total. The molecule has 3 aromatic carbocycles. The average molecular weight is 532 g/mol. The number of aryl methyl sites for hydroxylation is 1. The van der Waals surface area contributed by atoms with Crippen LogP contribution in [0.1, 0.15) is 24.0 Å². The largest absolute Gasteiger partial charge is 0.416 e. The molecule has 0 atom stereocenters. The number of carbonyl (C=O) groups excluding carboxylic acids is 2. The summed E-state index contributed by atoms with van der Waals surface area (Å²) in [6.45, 7) is 1.63. The number of nitrogens with one attached hydrogen (secondary N) is 1. The first-order valence-corrected chi connectivity index (χ1v) is 12.9. The second-order valence-corrected chi connectivity index (χ2v) is 10.4. The molecule has 1 fully saturated rings. The first-order chi connectivity index (χ1) is 17.5. The minimum absolute atomic E-state index is 0.0164. The number of nitrogens with zero attached hydrogens (tertiary/aromatic N) is 2. The van der Waals surface area contributed by atoms with Crippen LogP contribution in [0.25, 0.3) is 0 Å². The number of hydrogen-bond donors (Lipinski definition) is 1. The average Bonchev–Trinajstić information content (AvgIpc) is 3.28. The Bertz CT molecular complexity index is 1430. The number of anilines is 3. The van der Waals surface area contributed by atoms with Gasteiger partial charge in [-0.05, 0) is 67.4 Å². The van der Waals surface area contributed by atoms with E-state index in [-0.39, 0.29) is 16.5 Å². The van der Waals surface area contributed by atoms with Crippen molar-refractivity contribution in [2.75, 3.05) is 27.6 Å². The van der Waals surface area contributed by atoms with Gasteiger partial charge in [0.15, 0.2) is 0 Å². The standard InChI is InChI=1S/C26H24F3N3O4S/c1-18-15-20(12-13-23(18)31-14-6-11-25(31)34)30-24(33)17-32(37(35,36)22-9-3-2-4-10-22)21-8-5-7-19(16-21)26(27,28)29/h2-5,7-10,12-13,15-16H,6,11,14,17H2,1H3,(H,30,33). The van der Waals surface area contributed by atoms with Gasteiger partial charge in [0.25, 0.3) is 10.0 Å². The third-order valence-corrected chi connectivity index (χ3v) is 7.71. The molecule has 0 aliphatic carbocycles. The first-order valence-electron chi connectivity index (χ1n) is 11.4. The van der Waals surface area contributed by atoms with E-state index in [1.54, 1.807) is 36.1 Å². The van der Waals surface area contributed by atoms with E-state index in [0.717, 1.165) is 29.8 Å². The number of hydrogen-bond acceptors (Lipinski definition) is 4. The second kappa shape index (κ2) is 10.3. The van der Waals surface area contributed by atoms with Gasteiger partial charge >= 0.3 is 6.18 Å². The van der Waals surface area contributed by atoms with E-state index >= 15 is 0 Å². The van der Waals surface area contributed by atoms with Crippen LogP contribution >= 0.6 is 0 Å². The van der Waals surface area contributed by atoms with Gasteiger partial charge in [-0.3, -0.25) is 13.9 Å². The molecule has 3 aromatic rings. The van der Waals surface area contributed by atoms with Crippen molar-refractivity contribution in [3.05, 3.63) is 83.9 Å². The second-order valence-electron chi connectivity index (χ2n) is 8.57. The molecule has 0 bridgehead atoms. The van der Waals surface area contributed by atoms with Crippen molar-refractivity contribution in [1.29, 1.82) is 0 Å². The van der Waals surface area contributed by atoms with Crippen LogP contribution in [0.3, 0.4) is 0 Å². The minimum Gasteiger partial charge on any atom is -0.325 e. The van der Waals surface area contributed by atoms with E-state index in [1.165, 1.54) is 30.3 Å². The van der Waals surface area contributed by atoms with Crippen LogP contribution in [0.4, 0.5) is 30.2 Å². The summed E-state index contributed by atoms with van der Waals surface area (Å²) in [4.78, 5) is 26.5. The van der Waals surface area contributed by atoms with Gasteiger partial charge < -0.3 is 10.2 Å². The number of alkyl halides is 3. The van der Waals surface area contributed by atoms with Crippen LogP contribution in [0, 0.1) is 6.92 Å². The lowest BCUT2D eigenvalue weighted by molar-refractivity contribution is -0.137. The molecule has 1 aliphatic rings. The molecule has 0 saturated carbocycles. The van der Waals surface area contributed by atoms with Crippen molar-refractivity contribution < 1.29 is 31.2 Å². The topological polar surface area (TPSA) is 86.8 Å². The highest BCUT2D eigenvalue weighted by Crippen LogP contribution is 2.33. The number of benzene rings is 3. The molecule has 0 aromatic heterocycles. The van der Waals surface area contributed by atoms with Crippen LogP contribution in [0.2, 0.25) is 0 Å². The summed E-state index contributed by atoms with van der Waals surface area (Å²) in [6.07, 6.45) is -3.46. The van der Waals surface area contributed by atoms with Crippen LogP contribution in [-0.4, -0.2) is 33.3 Å². The summed E-state index contributed by atoms with van der Waals surface area (Å²) < 4.78 is 67.4. The van der Waals surface area contributed by atoms with Gasteiger partial charge in [-0.2, -0.15) is 13.2 Å². The number of carbonyl (C=O) groups is 2. The van der Waals surface area contributed by atoms with Gasteiger partial charge in [-0.15, -0.1) is 0 Å². The zero-order chi connectivity index (χ0) is 26.8. The Kier molecular flexibility index (Phi) is 7.26. The molecule has 11 heteroatoms. The SMILES string of the molecule is Cc1cc(NC(=O)CN(c2cccc(C(F)(F)F)c2)S(=O)(=O)c2ccccc2)ccc1N1CCCC1=O. The van der Waals surface area contributed by atoms with Gasteiger partial charge in [0, 0.05) is 24.3 Å². The highest BCUT2D eigenvalue weighted by molar-refractivity contribution is 7.92. The Hall–Kier alpha value is -3.86. The van der Waals surface area contributed by atoms with Crippen LogP contribution in [-0.2, 0) is 25.8 Å². The molecule has 1 saturated heterocycles. The molecule has 1 heterocycles. The van der Waals surface area contributed by atoms with Gasteiger partial charge in [-0.25, -0.2) is 8.42 Å². The van der Waals surface area contributed by atoms with Crippen molar-refractivity contribution in [2.45, 2.75) is 30.8 Å². The van der Waals surface area contributed by atoms with Gasteiger partial charge in [0.1, 0.15) is 6.54 Å². The molecule has 1 N–H and O–H groups in total. The summed E-state index contributed by atoms with van der Waals surface area (Å²) in [5, 5.41) is 2.61. The lowest BCUT2D eigenvalue weighted by Gasteiger charge is -2.25. The summed E-state index contributed by atoms with van der Waals surface area (Å²) in [5.41, 5.74) is 0.477. The third-order valence-electron chi connectivity index (χ3n) is 5.92. The van der Waals surface area contributed by atoms with Crippen LogP contribution in [0.15, 0.2) is 77.7 Å². The fourth-order valence-electron chi connectivity index (χ4n) is 4.14. The summed E-state index contributed by atoms with van der Waals surface area (Å²) in [5.74, 6) is -0.732. The van der Waals surface area contributed by atoms with E-state index in [1.807, 2.05) is 0 Å². The third kappa shape index (κ3) is 5.77. The van der Waals surface area contributed by atoms with Crippen molar-refractivity contribution in [1.82, 2.24) is 0 Å². The molecule has 1 aliphatic heterocycles. The monoisotopic (exact) mass is 531 g/mol. The predicted octanol–water partition coefficient (Wildman–Crippen LogP) is 4.97. The Morgan fingerprint density at radius 3 is 2.38 bits per heavy atom. The lowest BCUT2D eigenvalue weighted by Crippen LogP contribution is -2.38. The quantitative estimate of drug-likeness (QED) is 0.466. The summed E-state index contributed by atoms with van der Waals surface area (Å²) in [7, 11) is -4.37. The summed E-state index contributed by atoms with van der Waals surface area (Å²) >= 11 is 0. The molecular formula is C26H24F3N3O4S. The number of sulfonamides is 1. The maximum Gasteiger partial charge on any atom is 0.416 e. The van der Waals surface area contributed by atoms with Crippen LogP contribution in [0.5, 0.6) is 0 Å². The zero-order valence-electron chi connectivity index (χ0n) is 19.8. The van der Waals surface area contributed by atoms with Crippen molar-refractivity contribution in [3.8, 4) is 0 Å². The maximum atomic E-state index is 13.4. The van der Waals surface area contributed by atoms with Gasteiger partial charge in [0.05, 0.1) is 16.1 Å². The van der Waals surface area contributed by atoms with Crippen molar-refractivity contribution >= 4 is 38.9 Å². The molecule has 0 unspecified atom stereocenters. The molecule has 194 valence electrons.